The van der Waals surface area contributed by atoms with Crippen LogP contribution >= 0.6 is 11.6 Å². The number of methoxy groups -OCH3 is 1. The molecule has 0 N–H and O–H groups in total. The lowest BCUT2D eigenvalue weighted by molar-refractivity contribution is 0.270. The second kappa shape index (κ2) is 8.26. The van der Waals surface area contributed by atoms with Gasteiger partial charge in [0.2, 0.25) is 0 Å². The van der Waals surface area contributed by atoms with Gasteiger partial charge in [-0.2, -0.15) is 5.10 Å². The molecule has 0 spiro atoms. The van der Waals surface area contributed by atoms with Crippen LogP contribution in [0.5, 0.6) is 5.75 Å². The van der Waals surface area contributed by atoms with Gasteiger partial charge in [-0.05, 0) is 60.5 Å². The van der Waals surface area contributed by atoms with E-state index >= 15 is 0 Å². The molecule has 1 saturated heterocycles. The number of halogens is 1. The molecular formula is C20H24ClN3O. The summed E-state index contributed by atoms with van der Waals surface area (Å²) in [4.78, 5) is 2.38. The van der Waals surface area contributed by atoms with Crippen molar-refractivity contribution < 1.29 is 4.74 Å². The first-order chi connectivity index (χ1) is 12.2. The Hall–Kier alpha value is -2.20. The first-order valence-electron chi connectivity index (χ1n) is 8.67. The van der Waals surface area contributed by atoms with E-state index in [4.69, 9.17) is 21.4 Å². The van der Waals surface area contributed by atoms with E-state index in [1.807, 2.05) is 24.3 Å². The minimum atomic E-state index is 0.777. The number of hydrogen-bond acceptors (Lipinski definition) is 4. The smallest absolute Gasteiger partial charge is 0.118 e. The van der Waals surface area contributed by atoms with Crippen LogP contribution < -0.4 is 9.64 Å². The van der Waals surface area contributed by atoms with Crippen LogP contribution in [0.1, 0.15) is 18.9 Å². The van der Waals surface area contributed by atoms with Crippen molar-refractivity contribution in [1.29, 1.82) is 0 Å². The third-order valence-corrected chi connectivity index (χ3v) is 4.72. The fraction of sp³-hybridized carbons (Fsp3) is 0.350. The Morgan fingerprint density at radius 3 is 2.20 bits per heavy atom. The van der Waals surface area contributed by atoms with Crippen molar-refractivity contribution in [1.82, 2.24) is 5.01 Å². The van der Waals surface area contributed by atoms with Crippen LogP contribution in [-0.4, -0.2) is 44.0 Å². The maximum Gasteiger partial charge on any atom is 0.118 e. The van der Waals surface area contributed by atoms with Crippen molar-refractivity contribution in [2.24, 2.45) is 5.10 Å². The largest absolute Gasteiger partial charge is 0.497 e. The molecule has 0 bridgehead atoms. The summed E-state index contributed by atoms with van der Waals surface area (Å²) in [7, 11) is 1.68. The quantitative estimate of drug-likeness (QED) is 0.747. The average molecular weight is 358 g/mol. The van der Waals surface area contributed by atoms with E-state index in [1.54, 1.807) is 7.11 Å². The molecule has 1 aliphatic heterocycles. The highest BCUT2D eigenvalue weighted by molar-refractivity contribution is 6.30. The molecule has 0 aromatic heterocycles. The van der Waals surface area contributed by atoms with E-state index in [0.717, 1.165) is 54.6 Å². The Labute approximate surface area is 154 Å². The van der Waals surface area contributed by atoms with Gasteiger partial charge in [0, 0.05) is 23.8 Å². The molecule has 0 aliphatic carbocycles. The van der Waals surface area contributed by atoms with Crippen molar-refractivity contribution in [2.45, 2.75) is 13.3 Å². The summed E-state index contributed by atoms with van der Waals surface area (Å²) in [6.07, 6.45) is 0.906. The number of hydrazone groups is 1. The van der Waals surface area contributed by atoms with E-state index in [9.17, 15) is 0 Å². The Morgan fingerprint density at radius 2 is 1.64 bits per heavy atom. The number of anilines is 1. The van der Waals surface area contributed by atoms with Gasteiger partial charge < -0.3 is 9.64 Å². The van der Waals surface area contributed by atoms with Gasteiger partial charge in [-0.3, -0.25) is 5.01 Å². The van der Waals surface area contributed by atoms with Gasteiger partial charge >= 0.3 is 0 Å². The first kappa shape index (κ1) is 17.6. The van der Waals surface area contributed by atoms with E-state index in [-0.39, 0.29) is 0 Å². The van der Waals surface area contributed by atoms with Crippen LogP contribution in [0.15, 0.2) is 53.6 Å². The molecule has 0 atom stereocenters. The predicted octanol–water partition coefficient (Wildman–Crippen LogP) is 4.28. The third kappa shape index (κ3) is 4.45. The number of nitrogens with zero attached hydrogens (tertiary/aromatic N) is 3. The second-order valence-electron chi connectivity index (χ2n) is 6.05. The first-order valence-corrected chi connectivity index (χ1v) is 9.04. The molecule has 3 rings (SSSR count). The van der Waals surface area contributed by atoms with Crippen molar-refractivity contribution in [2.75, 3.05) is 38.2 Å². The summed E-state index contributed by atoms with van der Waals surface area (Å²) >= 11 is 5.97. The molecule has 1 heterocycles. The Kier molecular flexibility index (Phi) is 5.82. The fourth-order valence-electron chi connectivity index (χ4n) is 2.99. The van der Waals surface area contributed by atoms with Gasteiger partial charge in [0.25, 0.3) is 0 Å². The van der Waals surface area contributed by atoms with Crippen LogP contribution in [0.2, 0.25) is 5.02 Å². The van der Waals surface area contributed by atoms with Gasteiger partial charge in [-0.1, -0.05) is 18.5 Å². The predicted molar refractivity (Wildman–Crippen MR) is 105 cm³/mol. The SMILES string of the molecule is CC/C(=N/N1CCN(c2ccc(Cl)cc2)CC1)c1ccc(OC)cc1. The van der Waals surface area contributed by atoms with Crippen LogP contribution in [0.25, 0.3) is 0 Å². The van der Waals surface area contributed by atoms with Gasteiger partial charge in [-0.25, -0.2) is 0 Å². The topological polar surface area (TPSA) is 28.1 Å². The Balaban J connectivity index is 1.64. The van der Waals surface area contributed by atoms with E-state index in [1.165, 1.54) is 5.69 Å². The zero-order valence-corrected chi connectivity index (χ0v) is 15.5. The standard InChI is InChI=1S/C20H24ClN3O/c1-3-20(16-4-10-19(25-2)11-5-16)22-24-14-12-23(13-15-24)18-8-6-17(21)7-9-18/h4-11H,3,12-15H2,1-2H3/b22-20-. The second-order valence-corrected chi connectivity index (χ2v) is 6.48. The molecule has 0 saturated carbocycles. The maximum atomic E-state index is 5.97. The van der Waals surface area contributed by atoms with Crippen LogP contribution in [0.4, 0.5) is 5.69 Å². The van der Waals surface area contributed by atoms with Crippen LogP contribution in [0, 0.1) is 0 Å². The summed E-state index contributed by atoms with van der Waals surface area (Å²) < 4.78 is 5.23. The zero-order chi connectivity index (χ0) is 17.6. The van der Waals surface area contributed by atoms with E-state index < -0.39 is 0 Å². The van der Waals surface area contributed by atoms with Crippen molar-refractivity contribution in [3.63, 3.8) is 0 Å². The third-order valence-electron chi connectivity index (χ3n) is 4.47. The molecule has 0 unspecified atom stereocenters. The highest BCUT2D eigenvalue weighted by Crippen LogP contribution is 2.20. The molecule has 2 aromatic rings. The van der Waals surface area contributed by atoms with Gasteiger partial charge in [0.15, 0.2) is 0 Å². The maximum absolute atomic E-state index is 5.97. The monoisotopic (exact) mass is 357 g/mol. The van der Waals surface area contributed by atoms with Crippen molar-refractivity contribution >= 4 is 23.0 Å². The summed E-state index contributed by atoms with van der Waals surface area (Å²) in [5.74, 6) is 0.871. The summed E-state index contributed by atoms with van der Waals surface area (Å²) in [5.41, 5.74) is 3.49. The van der Waals surface area contributed by atoms with Gasteiger partial charge in [-0.15, -0.1) is 0 Å². The molecule has 4 nitrogen and oxygen atoms in total. The van der Waals surface area contributed by atoms with Crippen LogP contribution in [0.3, 0.4) is 0 Å². The summed E-state index contributed by atoms with van der Waals surface area (Å²) in [6.45, 7) is 5.91. The van der Waals surface area contributed by atoms with Crippen molar-refractivity contribution in [3.8, 4) is 5.75 Å². The molecule has 25 heavy (non-hydrogen) atoms. The number of piperazine rings is 1. The minimum absolute atomic E-state index is 0.777. The lowest BCUT2D eigenvalue weighted by Crippen LogP contribution is -2.44. The lowest BCUT2D eigenvalue weighted by Gasteiger charge is -2.35. The molecular weight excluding hydrogens is 334 g/mol. The molecule has 2 aromatic carbocycles. The van der Waals surface area contributed by atoms with E-state index in [0.29, 0.717) is 0 Å². The average Bonchev–Trinajstić information content (AvgIpc) is 2.67. The highest BCUT2D eigenvalue weighted by atomic mass is 35.5. The number of rotatable bonds is 5. The Bertz CT molecular complexity index is 705. The normalized spacial score (nSPS) is 15.4. The number of benzene rings is 2. The van der Waals surface area contributed by atoms with Gasteiger partial charge in [0.1, 0.15) is 5.75 Å². The zero-order valence-electron chi connectivity index (χ0n) is 14.8. The molecule has 1 fully saturated rings. The molecule has 5 heteroatoms. The molecule has 0 amide bonds. The molecule has 1 aliphatic rings. The Morgan fingerprint density at radius 1 is 1.00 bits per heavy atom. The van der Waals surface area contributed by atoms with Crippen LogP contribution in [-0.2, 0) is 0 Å². The summed E-state index contributed by atoms with van der Waals surface area (Å²) in [6, 6.07) is 16.2. The molecule has 132 valence electrons. The summed E-state index contributed by atoms with van der Waals surface area (Å²) in [5, 5.41) is 7.84. The molecule has 0 radical (unpaired) electrons. The van der Waals surface area contributed by atoms with Gasteiger partial charge in [0.05, 0.1) is 25.9 Å². The minimum Gasteiger partial charge on any atom is -0.497 e. The fourth-order valence-corrected chi connectivity index (χ4v) is 3.12. The highest BCUT2D eigenvalue weighted by Gasteiger charge is 2.16. The van der Waals surface area contributed by atoms with Crippen molar-refractivity contribution in [3.05, 3.63) is 59.1 Å². The number of hydrogen-bond donors (Lipinski definition) is 0. The number of ether oxygens (including phenoxy) is 1. The van der Waals surface area contributed by atoms with E-state index in [2.05, 4.69) is 41.1 Å². The lowest BCUT2D eigenvalue weighted by atomic mass is 10.1.